The molecule has 2 unspecified atom stereocenters. The van der Waals surface area contributed by atoms with Crippen molar-refractivity contribution in [3.8, 4) is 0 Å². The highest BCUT2D eigenvalue weighted by Crippen LogP contribution is 2.25. The highest BCUT2D eigenvalue weighted by Gasteiger charge is 2.29. The second-order valence-electron chi connectivity index (χ2n) is 7.62. The van der Waals surface area contributed by atoms with E-state index in [9.17, 15) is 14.0 Å². The van der Waals surface area contributed by atoms with Crippen molar-refractivity contribution < 1.29 is 14.0 Å². The Hall–Kier alpha value is -1.76. The van der Waals surface area contributed by atoms with Gasteiger partial charge in [-0.15, -0.1) is 11.8 Å². The van der Waals surface area contributed by atoms with Crippen molar-refractivity contribution in [3.63, 3.8) is 0 Å². The van der Waals surface area contributed by atoms with Gasteiger partial charge in [0, 0.05) is 28.4 Å². The molecule has 0 aliphatic heterocycles. The Labute approximate surface area is 203 Å². The van der Waals surface area contributed by atoms with Crippen molar-refractivity contribution in [2.45, 2.75) is 58.0 Å². The second kappa shape index (κ2) is 13.1. The van der Waals surface area contributed by atoms with E-state index >= 15 is 0 Å². The molecule has 0 saturated heterocycles. The topological polar surface area (TPSA) is 49.4 Å². The van der Waals surface area contributed by atoms with Gasteiger partial charge < -0.3 is 10.2 Å². The van der Waals surface area contributed by atoms with Crippen molar-refractivity contribution in [2.75, 3.05) is 5.75 Å². The normalized spacial score (nSPS) is 12.8. The van der Waals surface area contributed by atoms with Gasteiger partial charge in [0.05, 0.1) is 5.75 Å². The number of carbonyl (C=O) groups excluding carboxylic acids is 2. The van der Waals surface area contributed by atoms with Crippen molar-refractivity contribution in [3.05, 3.63) is 69.5 Å². The minimum atomic E-state index is -0.610. The lowest BCUT2D eigenvalue weighted by Crippen LogP contribution is -2.51. The lowest BCUT2D eigenvalue weighted by Gasteiger charge is -2.31. The van der Waals surface area contributed by atoms with Crippen LogP contribution in [0.2, 0.25) is 10.0 Å². The van der Waals surface area contributed by atoms with Gasteiger partial charge in [0.2, 0.25) is 11.8 Å². The molecule has 174 valence electrons. The molecule has 32 heavy (non-hydrogen) atoms. The molecule has 0 aliphatic carbocycles. The molecule has 0 spiro atoms. The van der Waals surface area contributed by atoms with Crippen LogP contribution in [0.15, 0.2) is 42.5 Å². The standard InChI is InChI=1S/C24H29Cl2FN2O2S/c1-4-16(3)28-24(31)22(5-2)29(13-17-6-10-20(27)11-7-17)23(30)15-32-14-18-8-9-19(25)12-21(18)26/h6-12,16,22H,4-5,13-15H2,1-3H3,(H,28,31). The molecule has 0 fully saturated rings. The fourth-order valence-electron chi connectivity index (χ4n) is 3.12. The van der Waals surface area contributed by atoms with Gasteiger partial charge in [0.1, 0.15) is 11.9 Å². The van der Waals surface area contributed by atoms with Gasteiger partial charge in [-0.2, -0.15) is 0 Å². The van der Waals surface area contributed by atoms with E-state index in [1.54, 1.807) is 29.2 Å². The molecule has 2 aromatic rings. The molecular formula is C24H29Cl2FN2O2S. The lowest BCUT2D eigenvalue weighted by molar-refractivity contribution is -0.139. The van der Waals surface area contributed by atoms with Gasteiger partial charge in [-0.25, -0.2) is 4.39 Å². The summed E-state index contributed by atoms with van der Waals surface area (Å²) in [5.74, 6) is 0.0529. The van der Waals surface area contributed by atoms with Gasteiger partial charge >= 0.3 is 0 Å². The summed E-state index contributed by atoms with van der Waals surface area (Å²) in [7, 11) is 0. The molecule has 2 rings (SSSR count). The number of hydrogen-bond acceptors (Lipinski definition) is 3. The van der Waals surface area contributed by atoms with E-state index in [0.29, 0.717) is 22.2 Å². The third kappa shape index (κ3) is 7.98. The van der Waals surface area contributed by atoms with Gasteiger partial charge in [0.25, 0.3) is 0 Å². The van der Waals surface area contributed by atoms with Crippen LogP contribution in [0.3, 0.4) is 0 Å². The number of benzene rings is 2. The Bertz CT molecular complexity index is 911. The third-order valence-electron chi connectivity index (χ3n) is 5.15. The van der Waals surface area contributed by atoms with Crippen LogP contribution in [0.5, 0.6) is 0 Å². The number of rotatable bonds is 11. The van der Waals surface area contributed by atoms with Crippen LogP contribution in [0.25, 0.3) is 0 Å². The summed E-state index contributed by atoms with van der Waals surface area (Å²) in [5, 5.41) is 4.09. The van der Waals surface area contributed by atoms with Gasteiger partial charge in [-0.3, -0.25) is 9.59 Å². The fraction of sp³-hybridized carbons (Fsp3) is 0.417. The number of nitrogens with zero attached hydrogens (tertiary/aromatic N) is 1. The zero-order valence-corrected chi connectivity index (χ0v) is 20.9. The second-order valence-corrected chi connectivity index (χ2v) is 9.45. The molecule has 2 aromatic carbocycles. The van der Waals surface area contributed by atoms with Crippen molar-refractivity contribution in [1.29, 1.82) is 0 Å². The van der Waals surface area contributed by atoms with E-state index in [0.717, 1.165) is 17.5 Å². The molecule has 0 aromatic heterocycles. The minimum Gasteiger partial charge on any atom is -0.352 e. The molecule has 2 amide bonds. The van der Waals surface area contributed by atoms with E-state index in [1.807, 2.05) is 26.8 Å². The smallest absolute Gasteiger partial charge is 0.243 e. The van der Waals surface area contributed by atoms with Crippen LogP contribution in [0.1, 0.15) is 44.7 Å². The molecule has 0 radical (unpaired) electrons. The molecule has 0 heterocycles. The third-order valence-corrected chi connectivity index (χ3v) is 6.70. The van der Waals surface area contributed by atoms with Crippen molar-refractivity contribution >= 4 is 46.8 Å². The maximum absolute atomic E-state index is 13.3. The Morgan fingerprint density at radius 1 is 1.09 bits per heavy atom. The summed E-state index contributed by atoms with van der Waals surface area (Å²) < 4.78 is 13.3. The summed E-state index contributed by atoms with van der Waals surface area (Å²) in [4.78, 5) is 27.7. The molecule has 1 N–H and O–H groups in total. The first-order chi connectivity index (χ1) is 15.2. The average Bonchev–Trinajstić information content (AvgIpc) is 2.76. The summed E-state index contributed by atoms with van der Waals surface area (Å²) in [6.07, 6.45) is 1.27. The molecule has 2 atom stereocenters. The monoisotopic (exact) mass is 498 g/mol. The summed E-state index contributed by atoms with van der Waals surface area (Å²) >= 11 is 13.6. The lowest BCUT2D eigenvalue weighted by atomic mass is 10.1. The highest BCUT2D eigenvalue weighted by atomic mass is 35.5. The fourth-order valence-corrected chi connectivity index (χ4v) is 4.59. The predicted molar refractivity (Wildman–Crippen MR) is 132 cm³/mol. The summed E-state index contributed by atoms with van der Waals surface area (Å²) in [6, 6.07) is 10.7. The number of carbonyl (C=O) groups is 2. The number of halogens is 3. The van der Waals surface area contributed by atoms with Crippen LogP contribution < -0.4 is 5.32 Å². The molecule has 4 nitrogen and oxygen atoms in total. The Morgan fingerprint density at radius 3 is 2.38 bits per heavy atom. The summed E-state index contributed by atoms with van der Waals surface area (Å²) in [5.41, 5.74) is 1.65. The Morgan fingerprint density at radius 2 is 1.78 bits per heavy atom. The summed E-state index contributed by atoms with van der Waals surface area (Å²) in [6.45, 7) is 6.04. The maximum atomic E-state index is 13.3. The van der Waals surface area contributed by atoms with Crippen molar-refractivity contribution in [1.82, 2.24) is 10.2 Å². The van der Waals surface area contributed by atoms with E-state index < -0.39 is 6.04 Å². The van der Waals surface area contributed by atoms with Crippen LogP contribution in [0.4, 0.5) is 4.39 Å². The Kier molecular flexibility index (Phi) is 10.8. The first-order valence-electron chi connectivity index (χ1n) is 10.6. The predicted octanol–water partition coefficient (Wildman–Crippen LogP) is 6.09. The zero-order valence-electron chi connectivity index (χ0n) is 18.5. The zero-order chi connectivity index (χ0) is 23.7. The van der Waals surface area contributed by atoms with Gasteiger partial charge in [0.15, 0.2) is 0 Å². The average molecular weight is 499 g/mol. The van der Waals surface area contributed by atoms with Crippen molar-refractivity contribution in [2.24, 2.45) is 0 Å². The van der Waals surface area contributed by atoms with Gasteiger partial charge in [-0.05, 0) is 55.2 Å². The Balaban J connectivity index is 2.14. The number of hydrogen-bond donors (Lipinski definition) is 1. The molecule has 0 aliphatic rings. The van der Waals surface area contributed by atoms with Gasteiger partial charge in [-0.1, -0.05) is 55.2 Å². The van der Waals surface area contributed by atoms with Crippen LogP contribution in [-0.2, 0) is 21.9 Å². The molecule has 0 bridgehead atoms. The van der Waals surface area contributed by atoms with E-state index in [4.69, 9.17) is 23.2 Å². The molecular weight excluding hydrogens is 470 g/mol. The first kappa shape index (κ1) is 26.5. The van der Waals surface area contributed by atoms with E-state index in [1.165, 1.54) is 23.9 Å². The van der Waals surface area contributed by atoms with Crippen LogP contribution >= 0.6 is 35.0 Å². The van der Waals surface area contributed by atoms with Crippen LogP contribution in [-0.4, -0.2) is 34.6 Å². The SMILES string of the molecule is CCC(C)NC(=O)C(CC)N(Cc1ccc(F)cc1)C(=O)CSCc1ccc(Cl)cc1Cl. The highest BCUT2D eigenvalue weighted by molar-refractivity contribution is 7.99. The van der Waals surface area contributed by atoms with Crippen LogP contribution in [0, 0.1) is 5.82 Å². The minimum absolute atomic E-state index is 0.0146. The first-order valence-corrected chi connectivity index (χ1v) is 12.5. The van der Waals surface area contributed by atoms with E-state index in [-0.39, 0.29) is 36.0 Å². The van der Waals surface area contributed by atoms with E-state index in [2.05, 4.69) is 5.32 Å². The number of amides is 2. The molecule has 8 heteroatoms. The quantitative estimate of drug-likeness (QED) is 0.407. The number of thioether (sulfide) groups is 1. The maximum Gasteiger partial charge on any atom is 0.243 e. The molecule has 0 saturated carbocycles. The largest absolute Gasteiger partial charge is 0.352 e. The number of nitrogens with one attached hydrogen (secondary N) is 1.